The third-order valence-electron chi connectivity index (χ3n) is 2.82. The molecule has 1 rings (SSSR count). The Balaban J connectivity index is 2.43. The van der Waals surface area contributed by atoms with Crippen LogP contribution in [0.3, 0.4) is 0 Å². The van der Waals surface area contributed by atoms with Crippen molar-refractivity contribution >= 4 is 5.91 Å². The van der Waals surface area contributed by atoms with E-state index in [0.29, 0.717) is 13.1 Å². The molecule has 0 aromatic rings. The predicted octanol–water partition coefficient (Wildman–Crippen LogP) is -0.175. The van der Waals surface area contributed by atoms with Crippen molar-refractivity contribution in [1.29, 1.82) is 0 Å². The third-order valence-corrected chi connectivity index (χ3v) is 2.82. The number of nitrogens with one attached hydrogen (secondary N) is 1. The van der Waals surface area contributed by atoms with E-state index in [1.807, 2.05) is 4.90 Å². The quantitative estimate of drug-likeness (QED) is 0.665. The van der Waals surface area contributed by atoms with Gasteiger partial charge in [-0.3, -0.25) is 4.79 Å². The Labute approximate surface area is 85.3 Å². The Kier molecular flexibility index (Phi) is 4.35. The summed E-state index contributed by atoms with van der Waals surface area (Å²) in [7, 11) is 1.77. The van der Waals surface area contributed by atoms with Crippen LogP contribution in [0.1, 0.15) is 19.8 Å². The summed E-state index contributed by atoms with van der Waals surface area (Å²) < 4.78 is 0. The van der Waals surface area contributed by atoms with Crippen LogP contribution in [-0.4, -0.2) is 48.7 Å². The minimum Gasteiger partial charge on any atom is -0.393 e. The Hall–Kier alpha value is -0.610. The summed E-state index contributed by atoms with van der Waals surface area (Å²) in [6, 6.07) is 0. The van der Waals surface area contributed by atoms with Gasteiger partial charge in [-0.25, -0.2) is 0 Å². The molecule has 1 fully saturated rings. The van der Waals surface area contributed by atoms with Crippen molar-refractivity contribution in [2.75, 3.05) is 26.7 Å². The molecular weight excluding hydrogens is 180 g/mol. The Morgan fingerprint density at radius 3 is 3.00 bits per heavy atom. The lowest BCUT2D eigenvalue weighted by atomic mass is 9.93. The predicted molar refractivity (Wildman–Crippen MR) is 54.9 cm³/mol. The maximum absolute atomic E-state index is 11.5. The van der Waals surface area contributed by atoms with Crippen molar-refractivity contribution in [3.8, 4) is 0 Å². The fourth-order valence-electron chi connectivity index (χ4n) is 1.89. The average Bonchev–Trinajstić information content (AvgIpc) is 2.18. The summed E-state index contributed by atoms with van der Waals surface area (Å²) >= 11 is 0. The van der Waals surface area contributed by atoms with Gasteiger partial charge in [0.1, 0.15) is 0 Å². The maximum atomic E-state index is 11.5. The minimum atomic E-state index is -0.305. The van der Waals surface area contributed by atoms with Crippen LogP contribution in [0.25, 0.3) is 0 Å². The molecule has 1 aliphatic rings. The molecule has 2 N–H and O–H groups in total. The zero-order valence-electron chi connectivity index (χ0n) is 8.99. The van der Waals surface area contributed by atoms with E-state index in [-0.39, 0.29) is 17.9 Å². The van der Waals surface area contributed by atoms with Gasteiger partial charge in [-0.15, -0.1) is 0 Å². The largest absolute Gasteiger partial charge is 0.393 e. The average molecular weight is 200 g/mol. The second-order valence-electron chi connectivity index (χ2n) is 4.01. The van der Waals surface area contributed by atoms with Gasteiger partial charge in [0.15, 0.2) is 0 Å². The van der Waals surface area contributed by atoms with Crippen molar-refractivity contribution < 1.29 is 9.90 Å². The number of piperidine rings is 1. The Bertz CT molecular complexity index is 195. The van der Waals surface area contributed by atoms with Crippen LogP contribution in [0.5, 0.6) is 0 Å². The molecule has 0 radical (unpaired) electrons. The molecule has 1 aliphatic heterocycles. The van der Waals surface area contributed by atoms with E-state index in [4.69, 9.17) is 0 Å². The number of nitrogens with zero attached hydrogens (tertiary/aromatic N) is 1. The van der Waals surface area contributed by atoms with E-state index < -0.39 is 0 Å². The molecule has 0 unspecified atom stereocenters. The SMILES string of the molecule is CNCC(=O)N1CCC[C@@H]([C@@H](C)O)C1. The lowest BCUT2D eigenvalue weighted by Crippen LogP contribution is -2.45. The van der Waals surface area contributed by atoms with Crippen LogP contribution in [0.2, 0.25) is 0 Å². The molecule has 0 aromatic heterocycles. The zero-order valence-corrected chi connectivity index (χ0v) is 8.99. The van der Waals surface area contributed by atoms with Gasteiger partial charge in [-0.1, -0.05) is 0 Å². The number of likely N-dealkylation sites (N-methyl/N-ethyl adjacent to an activating group) is 1. The van der Waals surface area contributed by atoms with Gasteiger partial charge in [-0.05, 0) is 26.8 Å². The molecule has 1 saturated heterocycles. The molecule has 82 valence electrons. The van der Waals surface area contributed by atoms with Crippen LogP contribution in [0.15, 0.2) is 0 Å². The number of hydrogen-bond donors (Lipinski definition) is 2. The van der Waals surface area contributed by atoms with Gasteiger partial charge < -0.3 is 15.3 Å². The van der Waals surface area contributed by atoms with Crippen molar-refractivity contribution in [1.82, 2.24) is 10.2 Å². The molecule has 4 heteroatoms. The van der Waals surface area contributed by atoms with Crippen LogP contribution in [-0.2, 0) is 4.79 Å². The van der Waals surface area contributed by atoms with Crippen molar-refractivity contribution in [3.05, 3.63) is 0 Å². The topological polar surface area (TPSA) is 52.6 Å². The van der Waals surface area contributed by atoms with Gasteiger partial charge >= 0.3 is 0 Å². The van der Waals surface area contributed by atoms with E-state index in [1.54, 1.807) is 14.0 Å². The number of aliphatic hydroxyl groups is 1. The summed E-state index contributed by atoms with van der Waals surface area (Å²) in [5.74, 6) is 0.391. The lowest BCUT2D eigenvalue weighted by molar-refractivity contribution is -0.132. The van der Waals surface area contributed by atoms with E-state index in [1.165, 1.54) is 0 Å². The molecule has 0 aromatic carbocycles. The van der Waals surface area contributed by atoms with Gasteiger partial charge in [0, 0.05) is 19.0 Å². The first-order chi connectivity index (χ1) is 6.65. The summed E-state index contributed by atoms with van der Waals surface area (Å²) in [6.07, 6.45) is 1.73. The highest BCUT2D eigenvalue weighted by Crippen LogP contribution is 2.19. The highest BCUT2D eigenvalue weighted by atomic mass is 16.3. The molecule has 2 atom stereocenters. The highest BCUT2D eigenvalue weighted by Gasteiger charge is 2.25. The molecule has 0 bridgehead atoms. The molecule has 0 saturated carbocycles. The zero-order chi connectivity index (χ0) is 10.6. The number of likely N-dealkylation sites (tertiary alicyclic amines) is 1. The summed E-state index contributed by atoms with van der Waals surface area (Å²) in [4.78, 5) is 13.4. The first kappa shape index (κ1) is 11.5. The fourth-order valence-corrected chi connectivity index (χ4v) is 1.89. The number of aliphatic hydroxyl groups excluding tert-OH is 1. The summed E-state index contributed by atoms with van der Waals surface area (Å²) in [5, 5.41) is 12.3. The Morgan fingerprint density at radius 1 is 1.71 bits per heavy atom. The van der Waals surface area contributed by atoms with Crippen LogP contribution in [0.4, 0.5) is 0 Å². The van der Waals surface area contributed by atoms with E-state index in [2.05, 4.69) is 5.32 Å². The number of carbonyl (C=O) groups excluding carboxylic acids is 1. The third kappa shape index (κ3) is 2.96. The maximum Gasteiger partial charge on any atom is 0.236 e. The number of carbonyl (C=O) groups is 1. The highest BCUT2D eigenvalue weighted by molar-refractivity contribution is 5.78. The van der Waals surface area contributed by atoms with E-state index in [9.17, 15) is 9.90 Å². The van der Waals surface area contributed by atoms with E-state index in [0.717, 1.165) is 19.4 Å². The van der Waals surface area contributed by atoms with Gasteiger partial charge in [0.2, 0.25) is 5.91 Å². The number of rotatable bonds is 3. The second kappa shape index (κ2) is 5.32. The smallest absolute Gasteiger partial charge is 0.236 e. The van der Waals surface area contributed by atoms with E-state index >= 15 is 0 Å². The molecule has 14 heavy (non-hydrogen) atoms. The van der Waals surface area contributed by atoms with Crippen LogP contribution >= 0.6 is 0 Å². The molecule has 1 amide bonds. The molecule has 0 aliphatic carbocycles. The van der Waals surface area contributed by atoms with Crippen molar-refractivity contribution in [2.45, 2.75) is 25.9 Å². The van der Waals surface area contributed by atoms with Crippen LogP contribution < -0.4 is 5.32 Å². The lowest BCUT2D eigenvalue weighted by Gasteiger charge is -2.34. The molecule has 0 spiro atoms. The second-order valence-corrected chi connectivity index (χ2v) is 4.01. The van der Waals surface area contributed by atoms with Gasteiger partial charge in [-0.2, -0.15) is 0 Å². The summed E-state index contributed by atoms with van der Waals surface area (Å²) in [6.45, 7) is 3.74. The molecular formula is C10H20N2O2. The summed E-state index contributed by atoms with van der Waals surface area (Å²) in [5.41, 5.74) is 0. The molecule has 4 nitrogen and oxygen atoms in total. The molecule has 1 heterocycles. The minimum absolute atomic E-state index is 0.137. The van der Waals surface area contributed by atoms with Crippen LogP contribution in [0, 0.1) is 5.92 Å². The normalized spacial score (nSPS) is 24.8. The Morgan fingerprint density at radius 2 is 2.43 bits per heavy atom. The fraction of sp³-hybridized carbons (Fsp3) is 0.900. The standard InChI is InChI=1S/C10H20N2O2/c1-8(13)9-4-3-5-12(7-9)10(14)6-11-2/h8-9,11,13H,3-7H2,1-2H3/t8-,9-/m1/s1. The van der Waals surface area contributed by atoms with Gasteiger partial charge in [0.05, 0.1) is 12.6 Å². The monoisotopic (exact) mass is 200 g/mol. The number of amides is 1. The number of hydrogen-bond acceptors (Lipinski definition) is 3. The van der Waals surface area contributed by atoms with Gasteiger partial charge in [0.25, 0.3) is 0 Å². The first-order valence-corrected chi connectivity index (χ1v) is 5.25. The van der Waals surface area contributed by atoms with Crippen molar-refractivity contribution in [3.63, 3.8) is 0 Å². The van der Waals surface area contributed by atoms with Crippen molar-refractivity contribution in [2.24, 2.45) is 5.92 Å². The first-order valence-electron chi connectivity index (χ1n) is 5.25.